The second-order valence-corrected chi connectivity index (χ2v) is 10.1. The lowest BCUT2D eigenvalue weighted by Crippen LogP contribution is -2.20. The van der Waals surface area contributed by atoms with Crippen LogP contribution in [0.2, 0.25) is 5.02 Å². The molecule has 0 radical (unpaired) electrons. The minimum absolute atomic E-state index is 0.0188. The van der Waals surface area contributed by atoms with Gasteiger partial charge in [-0.15, -0.1) is 10.2 Å². The fourth-order valence-electron chi connectivity index (χ4n) is 3.95. The van der Waals surface area contributed by atoms with Crippen molar-refractivity contribution in [1.82, 2.24) is 15.2 Å². The van der Waals surface area contributed by atoms with E-state index in [1.54, 1.807) is 30.3 Å². The number of amides is 1. The molecule has 0 aliphatic rings. The summed E-state index contributed by atoms with van der Waals surface area (Å²) >= 11 is 7.18. The Morgan fingerprint density at radius 3 is 1.95 bits per heavy atom. The molecule has 5 nitrogen and oxygen atoms in total. The van der Waals surface area contributed by atoms with Crippen LogP contribution in [-0.4, -0.2) is 21.1 Å². The first-order chi connectivity index (χ1) is 19.3. The van der Waals surface area contributed by atoms with Crippen LogP contribution in [-0.2, 0) is 11.0 Å². The Balaban J connectivity index is 1.52. The van der Waals surface area contributed by atoms with Crippen LogP contribution in [0.25, 0.3) is 22.5 Å². The lowest BCUT2D eigenvalue weighted by atomic mass is 10.0. The topological polar surface area (TPSA) is 67.8 Å². The van der Waals surface area contributed by atoms with Gasteiger partial charge >= 0.3 is 6.18 Å². The van der Waals surface area contributed by atoms with Crippen LogP contribution in [0.15, 0.2) is 114 Å². The third-order valence-electron chi connectivity index (χ3n) is 5.88. The summed E-state index contributed by atoms with van der Waals surface area (Å²) in [7, 11) is 0. The van der Waals surface area contributed by atoms with Crippen molar-refractivity contribution in [3.8, 4) is 22.5 Å². The number of hydrogen-bond donors (Lipinski definition) is 1. The molecule has 5 aromatic rings. The Hall–Kier alpha value is -4.21. The molecular weight excluding hydrogens is 557 g/mol. The van der Waals surface area contributed by atoms with E-state index in [0.717, 1.165) is 41.1 Å². The van der Waals surface area contributed by atoms with Crippen molar-refractivity contribution in [2.45, 2.75) is 16.6 Å². The van der Waals surface area contributed by atoms with Crippen molar-refractivity contribution >= 4 is 35.0 Å². The molecule has 5 rings (SSSR count). The predicted molar refractivity (Wildman–Crippen MR) is 151 cm³/mol. The number of nitrogens with zero attached hydrogens (tertiary/aromatic N) is 3. The SMILES string of the molecule is O=C(Nc1cc(C(F)(F)F)ccc1Cl)C(Sc1nnc(-c2ccccc2)c(-c2ccccc2)n1)c1ccccc1. The number of benzene rings is 4. The molecule has 1 heterocycles. The quantitative estimate of drug-likeness (QED) is 0.197. The largest absolute Gasteiger partial charge is 0.416 e. The Kier molecular flexibility index (Phi) is 8.14. The molecule has 1 aromatic heterocycles. The summed E-state index contributed by atoms with van der Waals surface area (Å²) < 4.78 is 39.9. The maximum absolute atomic E-state index is 13.5. The van der Waals surface area contributed by atoms with Gasteiger partial charge in [-0.05, 0) is 23.8 Å². The van der Waals surface area contributed by atoms with Crippen LogP contribution in [0.3, 0.4) is 0 Å². The van der Waals surface area contributed by atoms with Gasteiger partial charge in [0.2, 0.25) is 11.1 Å². The average Bonchev–Trinajstić information content (AvgIpc) is 2.97. The summed E-state index contributed by atoms with van der Waals surface area (Å²) in [5.41, 5.74) is 2.33. The predicted octanol–water partition coefficient (Wildman–Crippen LogP) is 8.35. The molecule has 1 atom stereocenters. The van der Waals surface area contributed by atoms with E-state index >= 15 is 0 Å². The second-order valence-electron chi connectivity index (χ2n) is 8.61. The van der Waals surface area contributed by atoms with Crippen LogP contribution >= 0.6 is 23.4 Å². The summed E-state index contributed by atoms with van der Waals surface area (Å²) in [6.45, 7) is 0. The first kappa shape index (κ1) is 27.4. The van der Waals surface area contributed by atoms with Crippen molar-refractivity contribution < 1.29 is 18.0 Å². The zero-order valence-electron chi connectivity index (χ0n) is 20.6. The Labute approximate surface area is 237 Å². The third-order valence-corrected chi connectivity index (χ3v) is 7.31. The molecule has 0 saturated carbocycles. The summed E-state index contributed by atoms with van der Waals surface area (Å²) in [6, 6.07) is 30.6. The van der Waals surface area contributed by atoms with E-state index in [-0.39, 0.29) is 15.9 Å². The minimum atomic E-state index is -4.59. The highest BCUT2D eigenvalue weighted by Gasteiger charge is 2.32. The van der Waals surface area contributed by atoms with Gasteiger partial charge in [0.1, 0.15) is 16.6 Å². The zero-order chi connectivity index (χ0) is 28.1. The highest BCUT2D eigenvalue weighted by atomic mass is 35.5. The first-order valence-electron chi connectivity index (χ1n) is 12.0. The molecule has 40 heavy (non-hydrogen) atoms. The van der Waals surface area contributed by atoms with Gasteiger partial charge in [-0.25, -0.2) is 4.98 Å². The average molecular weight is 577 g/mol. The third kappa shape index (κ3) is 6.32. The number of halogens is 4. The van der Waals surface area contributed by atoms with Crippen LogP contribution in [0.5, 0.6) is 0 Å². The maximum atomic E-state index is 13.5. The summed E-state index contributed by atoms with van der Waals surface area (Å²) in [5.74, 6) is -0.588. The molecule has 0 aliphatic carbocycles. The van der Waals surface area contributed by atoms with Crippen LogP contribution < -0.4 is 5.32 Å². The maximum Gasteiger partial charge on any atom is 0.416 e. The smallest absolute Gasteiger partial charge is 0.323 e. The van der Waals surface area contributed by atoms with Crippen LogP contribution in [0.1, 0.15) is 16.4 Å². The fraction of sp³-hybridized carbons (Fsp3) is 0.0667. The number of hydrogen-bond acceptors (Lipinski definition) is 5. The van der Waals surface area contributed by atoms with E-state index in [4.69, 9.17) is 16.6 Å². The van der Waals surface area contributed by atoms with Crippen molar-refractivity contribution in [3.05, 3.63) is 125 Å². The van der Waals surface area contributed by atoms with Crippen LogP contribution in [0.4, 0.5) is 18.9 Å². The summed E-state index contributed by atoms with van der Waals surface area (Å²) in [4.78, 5) is 18.3. The van der Waals surface area contributed by atoms with Gasteiger partial charge in [0.05, 0.1) is 16.3 Å². The number of anilines is 1. The van der Waals surface area contributed by atoms with E-state index in [2.05, 4.69) is 15.5 Å². The monoisotopic (exact) mass is 576 g/mol. The number of nitrogens with one attached hydrogen (secondary N) is 1. The number of carbonyl (C=O) groups is 1. The molecule has 0 bridgehead atoms. The van der Waals surface area contributed by atoms with E-state index in [1.807, 2.05) is 60.7 Å². The molecule has 0 saturated heterocycles. The van der Waals surface area contributed by atoms with Crippen molar-refractivity contribution in [1.29, 1.82) is 0 Å². The summed E-state index contributed by atoms with van der Waals surface area (Å²) in [5, 5.41) is 10.6. The lowest BCUT2D eigenvalue weighted by molar-refractivity contribution is -0.137. The second kappa shape index (κ2) is 11.9. The summed E-state index contributed by atoms with van der Waals surface area (Å²) in [6.07, 6.45) is -4.59. The highest BCUT2D eigenvalue weighted by molar-refractivity contribution is 8.00. The Morgan fingerprint density at radius 2 is 1.35 bits per heavy atom. The number of alkyl halides is 3. The van der Waals surface area contributed by atoms with Gasteiger partial charge in [-0.1, -0.05) is 114 Å². The van der Waals surface area contributed by atoms with Gasteiger partial charge < -0.3 is 5.32 Å². The van der Waals surface area contributed by atoms with Crippen molar-refractivity contribution in [2.24, 2.45) is 0 Å². The molecule has 1 amide bonds. The first-order valence-corrected chi connectivity index (χ1v) is 13.3. The molecule has 1 unspecified atom stereocenters. The van der Waals surface area contributed by atoms with Crippen molar-refractivity contribution in [2.75, 3.05) is 5.32 Å². The van der Waals surface area contributed by atoms with Gasteiger partial charge in [0, 0.05) is 11.1 Å². The number of aromatic nitrogens is 3. The fourth-order valence-corrected chi connectivity index (χ4v) is 5.02. The standard InChI is InChI=1S/C30H20ClF3N4OS/c31-23-17-16-22(30(32,33)34)18-24(23)35-28(39)27(21-14-8-3-9-15-21)40-29-36-25(19-10-4-1-5-11-19)26(37-38-29)20-12-6-2-7-13-20/h1-18,27H,(H,35,39). The van der Waals surface area contributed by atoms with Gasteiger partial charge in [0.25, 0.3) is 0 Å². The van der Waals surface area contributed by atoms with E-state index in [9.17, 15) is 18.0 Å². The molecule has 0 aliphatic heterocycles. The molecule has 0 spiro atoms. The number of carbonyl (C=O) groups excluding carboxylic acids is 1. The van der Waals surface area contributed by atoms with Gasteiger partial charge in [0.15, 0.2) is 0 Å². The molecule has 4 aromatic carbocycles. The number of thioether (sulfide) groups is 1. The van der Waals surface area contributed by atoms with Crippen molar-refractivity contribution in [3.63, 3.8) is 0 Å². The van der Waals surface area contributed by atoms with Crippen LogP contribution in [0, 0.1) is 0 Å². The normalized spacial score (nSPS) is 12.1. The molecule has 0 fully saturated rings. The zero-order valence-corrected chi connectivity index (χ0v) is 22.2. The highest BCUT2D eigenvalue weighted by Crippen LogP contribution is 2.38. The molecule has 1 N–H and O–H groups in total. The number of rotatable bonds is 7. The van der Waals surface area contributed by atoms with E-state index < -0.39 is 22.9 Å². The molecular formula is C30H20ClF3N4OS. The van der Waals surface area contributed by atoms with Gasteiger partial charge in [-0.3, -0.25) is 4.79 Å². The Morgan fingerprint density at radius 1 is 0.775 bits per heavy atom. The lowest BCUT2D eigenvalue weighted by Gasteiger charge is -2.18. The Bertz CT molecular complexity index is 1620. The molecule has 200 valence electrons. The minimum Gasteiger partial charge on any atom is -0.323 e. The van der Waals surface area contributed by atoms with E-state index in [0.29, 0.717) is 17.0 Å². The van der Waals surface area contributed by atoms with E-state index in [1.165, 1.54) is 0 Å². The van der Waals surface area contributed by atoms with Gasteiger partial charge in [-0.2, -0.15) is 13.2 Å². The molecule has 10 heteroatoms.